The molecule has 0 aliphatic heterocycles. The molecular formula is C32H37N3O4. The zero-order chi connectivity index (χ0) is 27.5. The topological polar surface area (TPSA) is 74.6 Å². The van der Waals surface area contributed by atoms with Crippen LogP contribution >= 0.6 is 0 Å². The maximum atomic E-state index is 12.5. The van der Waals surface area contributed by atoms with Gasteiger partial charge in [-0.15, -0.1) is 6.58 Å². The third kappa shape index (κ3) is 7.19. The number of carbonyl (C=O) groups excluding carboxylic acids is 1. The molecule has 0 bridgehead atoms. The Balaban J connectivity index is 1.28. The number of unbranched alkanes of at least 4 members (excludes halogenated alkanes) is 2. The minimum absolute atomic E-state index is 0.118. The molecule has 3 aromatic carbocycles. The van der Waals surface area contributed by atoms with E-state index >= 15 is 0 Å². The number of nitrogens with zero attached hydrogens (tertiary/aromatic N) is 2. The monoisotopic (exact) mass is 527 g/mol. The molecule has 1 amide bonds. The largest absolute Gasteiger partial charge is 0.493 e. The molecule has 0 atom stereocenters. The summed E-state index contributed by atoms with van der Waals surface area (Å²) in [7, 11) is 3.13. The maximum absolute atomic E-state index is 12.5. The normalized spacial score (nSPS) is 10.8. The molecular weight excluding hydrogens is 490 g/mol. The van der Waals surface area contributed by atoms with E-state index in [0.29, 0.717) is 30.2 Å². The molecule has 0 aliphatic rings. The van der Waals surface area contributed by atoms with Crippen molar-refractivity contribution in [3.05, 3.63) is 96.3 Å². The van der Waals surface area contributed by atoms with E-state index in [1.165, 1.54) is 0 Å². The summed E-state index contributed by atoms with van der Waals surface area (Å²) in [6.07, 6.45) is 6.41. The summed E-state index contributed by atoms with van der Waals surface area (Å²) in [6.45, 7) is 5.74. The molecule has 0 spiro atoms. The van der Waals surface area contributed by atoms with Gasteiger partial charge in [0.25, 0.3) is 5.91 Å². The van der Waals surface area contributed by atoms with Crippen LogP contribution in [0.5, 0.6) is 17.2 Å². The predicted molar refractivity (Wildman–Crippen MR) is 155 cm³/mol. The first kappa shape index (κ1) is 27.8. The van der Waals surface area contributed by atoms with E-state index in [0.717, 1.165) is 66.8 Å². The number of hydrogen-bond acceptors (Lipinski definition) is 5. The number of aryl methyl sites for hydroxylation is 1. The number of amides is 1. The minimum Gasteiger partial charge on any atom is -0.493 e. The Bertz CT molecular complexity index is 1400. The fraction of sp³-hybridized carbons (Fsp3) is 0.312. The SMILES string of the molecule is C=CCc1ccccc1OCCn1c(CCCCCNC(=O)c2ccc(OC)c(OC)c2)nc2ccccc21. The van der Waals surface area contributed by atoms with Crippen LogP contribution in [-0.2, 0) is 19.4 Å². The highest BCUT2D eigenvalue weighted by Gasteiger charge is 2.12. The molecule has 1 heterocycles. The quantitative estimate of drug-likeness (QED) is 0.152. The van der Waals surface area contributed by atoms with Crippen molar-refractivity contribution in [2.75, 3.05) is 27.4 Å². The molecule has 4 aromatic rings. The van der Waals surface area contributed by atoms with E-state index in [4.69, 9.17) is 19.2 Å². The average Bonchev–Trinajstić information content (AvgIpc) is 3.32. The van der Waals surface area contributed by atoms with Gasteiger partial charge >= 0.3 is 0 Å². The second kappa shape index (κ2) is 14.0. The Morgan fingerprint density at radius 2 is 1.74 bits per heavy atom. The molecule has 0 aliphatic carbocycles. The molecule has 0 saturated carbocycles. The smallest absolute Gasteiger partial charge is 0.251 e. The second-order valence-electron chi connectivity index (χ2n) is 9.25. The van der Waals surface area contributed by atoms with E-state index in [-0.39, 0.29) is 5.91 Å². The molecule has 1 aromatic heterocycles. The van der Waals surface area contributed by atoms with Gasteiger partial charge in [-0.1, -0.05) is 42.8 Å². The van der Waals surface area contributed by atoms with Crippen molar-refractivity contribution in [1.82, 2.24) is 14.9 Å². The number of benzene rings is 3. The highest BCUT2D eigenvalue weighted by Crippen LogP contribution is 2.27. The average molecular weight is 528 g/mol. The number of para-hydroxylation sites is 3. The van der Waals surface area contributed by atoms with Gasteiger partial charge in [0.05, 0.1) is 31.8 Å². The molecule has 0 radical (unpaired) electrons. The third-order valence-corrected chi connectivity index (χ3v) is 6.65. The molecule has 0 fully saturated rings. The molecule has 4 rings (SSSR count). The molecule has 204 valence electrons. The van der Waals surface area contributed by atoms with Gasteiger partial charge < -0.3 is 24.1 Å². The van der Waals surface area contributed by atoms with Gasteiger partial charge in [0.1, 0.15) is 18.2 Å². The van der Waals surface area contributed by atoms with E-state index in [2.05, 4.69) is 34.7 Å². The van der Waals surface area contributed by atoms with Crippen molar-refractivity contribution in [3.8, 4) is 17.2 Å². The van der Waals surface area contributed by atoms with Crippen LogP contribution in [0.15, 0.2) is 79.4 Å². The highest BCUT2D eigenvalue weighted by atomic mass is 16.5. The molecule has 39 heavy (non-hydrogen) atoms. The van der Waals surface area contributed by atoms with Gasteiger partial charge in [0, 0.05) is 18.5 Å². The maximum Gasteiger partial charge on any atom is 0.251 e. The lowest BCUT2D eigenvalue weighted by Crippen LogP contribution is -2.24. The highest BCUT2D eigenvalue weighted by molar-refractivity contribution is 5.94. The molecule has 7 heteroatoms. The fourth-order valence-corrected chi connectivity index (χ4v) is 4.65. The number of allylic oxidation sites excluding steroid dienone is 1. The van der Waals surface area contributed by atoms with Crippen LogP contribution in [0, 0.1) is 0 Å². The number of rotatable bonds is 15. The van der Waals surface area contributed by atoms with Gasteiger partial charge in [-0.3, -0.25) is 4.79 Å². The minimum atomic E-state index is -0.118. The van der Waals surface area contributed by atoms with E-state index in [1.54, 1.807) is 32.4 Å². The Kier molecular flexibility index (Phi) is 10.0. The van der Waals surface area contributed by atoms with Crippen molar-refractivity contribution in [2.45, 2.75) is 38.6 Å². The number of hydrogen-bond donors (Lipinski definition) is 1. The number of fused-ring (bicyclic) bond motifs is 1. The third-order valence-electron chi connectivity index (χ3n) is 6.65. The van der Waals surface area contributed by atoms with Crippen LogP contribution in [0.25, 0.3) is 11.0 Å². The van der Waals surface area contributed by atoms with Gasteiger partial charge in [0.15, 0.2) is 11.5 Å². The lowest BCUT2D eigenvalue weighted by molar-refractivity contribution is 0.0952. The van der Waals surface area contributed by atoms with Crippen molar-refractivity contribution < 1.29 is 19.0 Å². The zero-order valence-corrected chi connectivity index (χ0v) is 22.8. The van der Waals surface area contributed by atoms with Crippen molar-refractivity contribution in [3.63, 3.8) is 0 Å². The lowest BCUT2D eigenvalue weighted by Gasteiger charge is -2.13. The summed E-state index contributed by atoms with van der Waals surface area (Å²) in [5.74, 6) is 2.99. The first-order valence-electron chi connectivity index (χ1n) is 13.4. The van der Waals surface area contributed by atoms with Crippen LogP contribution in [0.3, 0.4) is 0 Å². The van der Waals surface area contributed by atoms with E-state index in [1.807, 2.05) is 36.4 Å². The van der Waals surface area contributed by atoms with E-state index < -0.39 is 0 Å². The molecule has 0 unspecified atom stereocenters. The van der Waals surface area contributed by atoms with Gasteiger partial charge in [-0.2, -0.15) is 0 Å². The first-order valence-corrected chi connectivity index (χ1v) is 13.4. The van der Waals surface area contributed by atoms with Crippen molar-refractivity contribution in [2.24, 2.45) is 0 Å². The van der Waals surface area contributed by atoms with Crippen LogP contribution in [0.2, 0.25) is 0 Å². The van der Waals surface area contributed by atoms with Crippen molar-refractivity contribution >= 4 is 16.9 Å². The summed E-state index contributed by atoms with van der Waals surface area (Å²) < 4.78 is 19.0. The van der Waals surface area contributed by atoms with Crippen LogP contribution < -0.4 is 19.5 Å². The predicted octanol–water partition coefficient (Wildman–Crippen LogP) is 6.00. The summed E-state index contributed by atoms with van der Waals surface area (Å²) in [4.78, 5) is 17.4. The van der Waals surface area contributed by atoms with Crippen LogP contribution in [-0.4, -0.2) is 42.8 Å². The van der Waals surface area contributed by atoms with Gasteiger partial charge in [0.2, 0.25) is 0 Å². The number of ether oxygens (including phenoxy) is 3. The summed E-state index contributed by atoms with van der Waals surface area (Å²) in [6, 6.07) is 21.5. The Hall–Kier alpha value is -4.26. The number of nitrogens with one attached hydrogen (secondary N) is 1. The standard InChI is InChI=1S/C32H37N3O4/c1-4-12-24-13-7-10-16-28(24)39-22-21-35-27-15-9-8-14-26(27)34-31(35)17-6-5-11-20-33-32(36)25-18-19-29(37-2)30(23-25)38-3/h4,7-10,13-16,18-19,23H,1,5-6,11-12,17,20-22H2,2-3H3,(H,33,36). The number of aromatic nitrogens is 2. The van der Waals surface area contributed by atoms with Gasteiger partial charge in [-0.05, 0) is 61.2 Å². The fourth-order valence-electron chi connectivity index (χ4n) is 4.65. The molecule has 0 saturated heterocycles. The number of carbonyl (C=O) groups is 1. The number of methoxy groups -OCH3 is 2. The van der Waals surface area contributed by atoms with Crippen LogP contribution in [0.4, 0.5) is 0 Å². The first-order chi connectivity index (χ1) is 19.1. The molecule has 1 N–H and O–H groups in total. The summed E-state index contributed by atoms with van der Waals surface area (Å²) in [5, 5.41) is 3.00. The van der Waals surface area contributed by atoms with E-state index in [9.17, 15) is 4.79 Å². The Labute approximate surface area is 230 Å². The second-order valence-corrected chi connectivity index (χ2v) is 9.25. The van der Waals surface area contributed by atoms with Gasteiger partial charge in [-0.25, -0.2) is 4.98 Å². The lowest BCUT2D eigenvalue weighted by atomic mass is 10.1. The van der Waals surface area contributed by atoms with Crippen LogP contribution in [0.1, 0.15) is 41.0 Å². The Morgan fingerprint density at radius 3 is 2.56 bits per heavy atom. The summed E-state index contributed by atoms with van der Waals surface area (Å²) >= 11 is 0. The Morgan fingerprint density at radius 1 is 0.949 bits per heavy atom. The molecule has 7 nitrogen and oxygen atoms in total. The summed E-state index contributed by atoms with van der Waals surface area (Å²) in [5.41, 5.74) is 3.82. The zero-order valence-electron chi connectivity index (χ0n) is 22.8. The van der Waals surface area contributed by atoms with Crippen molar-refractivity contribution in [1.29, 1.82) is 0 Å². The number of imidazole rings is 1.